The van der Waals surface area contributed by atoms with Crippen LogP contribution in [0, 0.1) is 0 Å². The summed E-state index contributed by atoms with van der Waals surface area (Å²) in [6.45, 7) is 1.66. The predicted molar refractivity (Wildman–Crippen MR) is 76.9 cm³/mol. The number of rotatable bonds is 7. The van der Waals surface area contributed by atoms with Crippen molar-refractivity contribution in [1.29, 1.82) is 0 Å². The van der Waals surface area contributed by atoms with Crippen molar-refractivity contribution in [3.63, 3.8) is 0 Å². The van der Waals surface area contributed by atoms with Gasteiger partial charge in [0.25, 0.3) is 0 Å². The molecule has 1 fully saturated rings. The van der Waals surface area contributed by atoms with Crippen molar-refractivity contribution in [3.05, 3.63) is 35.4 Å². The monoisotopic (exact) mass is 282 g/mol. The Morgan fingerprint density at radius 1 is 1.37 bits per heavy atom. The standard InChI is InChI=1S/C15H22O3S/c1-2-19(17,18)10-4-7-15(16)14-6-3-5-13(11-14)12-8-9-12/h3,5-6,11-12,15-16H,2,4,7-10H2,1H3. The Morgan fingerprint density at radius 3 is 2.74 bits per heavy atom. The Bertz CT molecular complexity index is 518. The van der Waals surface area contributed by atoms with E-state index < -0.39 is 15.9 Å². The van der Waals surface area contributed by atoms with E-state index in [1.807, 2.05) is 12.1 Å². The second kappa shape index (κ2) is 6.06. The maximum absolute atomic E-state index is 11.4. The molecule has 0 radical (unpaired) electrons. The third-order valence-electron chi connectivity index (χ3n) is 3.72. The number of hydrogen-bond acceptors (Lipinski definition) is 3. The largest absolute Gasteiger partial charge is 0.388 e. The molecule has 1 saturated carbocycles. The van der Waals surface area contributed by atoms with E-state index in [1.54, 1.807) is 6.92 Å². The first-order valence-electron chi connectivity index (χ1n) is 7.00. The lowest BCUT2D eigenvalue weighted by Gasteiger charge is -2.12. The number of aliphatic hydroxyl groups is 1. The Kier molecular flexibility index (Phi) is 4.63. The van der Waals surface area contributed by atoms with Crippen molar-refractivity contribution >= 4 is 9.84 Å². The predicted octanol–water partition coefficient (Wildman–Crippen LogP) is 2.81. The van der Waals surface area contributed by atoms with Crippen LogP contribution in [0.25, 0.3) is 0 Å². The smallest absolute Gasteiger partial charge is 0.150 e. The van der Waals surface area contributed by atoms with Crippen LogP contribution < -0.4 is 0 Å². The SMILES string of the molecule is CCS(=O)(=O)CCCC(O)c1cccc(C2CC2)c1. The van der Waals surface area contributed by atoms with Crippen molar-refractivity contribution in [3.8, 4) is 0 Å². The number of aliphatic hydroxyl groups excluding tert-OH is 1. The molecular formula is C15H22O3S. The molecule has 1 aromatic carbocycles. The molecule has 2 rings (SSSR count). The zero-order chi connectivity index (χ0) is 13.9. The van der Waals surface area contributed by atoms with Crippen LogP contribution in [0.15, 0.2) is 24.3 Å². The van der Waals surface area contributed by atoms with E-state index in [4.69, 9.17) is 0 Å². The van der Waals surface area contributed by atoms with Crippen molar-refractivity contribution in [2.45, 2.75) is 44.6 Å². The summed E-state index contributed by atoms with van der Waals surface area (Å²) in [6.07, 6.45) is 2.96. The maximum atomic E-state index is 11.4. The summed E-state index contributed by atoms with van der Waals surface area (Å²) in [7, 11) is -2.92. The molecule has 1 aliphatic carbocycles. The van der Waals surface area contributed by atoms with Gasteiger partial charge in [0.05, 0.1) is 11.9 Å². The zero-order valence-electron chi connectivity index (χ0n) is 11.4. The van der Waals surface area contributed by atoms with Crippen LogP contribution in [0.3, 0.4) is 0 Å². The van der Waals surface area contributed by atoms with Crippen molar-refractivity contribution in [2.75, 3.05) is 11.5 Å². The number of sulfone groups is 1. The van der Waals surface area contributed by atoms with Gasteiger partial charge in [0.15, 0.2) is 0 Å². The minimum absolute atomic E-state index is 0.170. The molecular weight excluding hydrogens is 260 g/mol. The summed E-state index contributed by atoms with van der Waals surface area (Å²) >= 11 is 0. The molecule has 19 heavy (non-hydrogen) atoms. The lowest BCUT2D eigenvalue weighted by Crippen LogP contribution is -2.10. The quantitative estimate of drug-likeness (QED) is 0.836. The number of hydrogen-bond donors (Lipinski definition) is 1. The fourth-order valence-electron chi connectivity index (χ4n) is 2.24. The molecule has 0 spiro atoms. The highest BCUT2D eigenvalue weighted by Gasteiger charge is 2.24. The fraction of sp³-hybridized carbons (Fsp3) is 0.600. The Hall–Kier alpha value is -0.870. The summed E-state index contributed by atoms with van der Waals surface area (Å²) < 4.78 is 22.8. The second-order valence-corrected chi connectivity index (χ2v) is 7.81. The van der Waals surface area contributed by atoms with Gasteiger partial charge in [0, 0.05) is 5.75 Å². The van der Waals surface area contributed by atoms with Gasteiger partial charge in [-0.3, -0.25) is 0 Å². The van der Waals surface area contributed by atoms with Gasteiger partial charge in [-0.2, -0.15) is 0 Å². The Morgan fingerprint density at radius 2 is 2.11 bits per heavy atom. The highest BCUT2D eigenvalue weighted by atomic mass is 32.2. The van der Waals surface area contributed by atoms with Gasteiger partial charge in [0.2, 0.25) is 0 Å². The van der Waals surface area contributed by atoms with Crippen LogP contribution in [0.1, 0.15) is 55.8 Å². The molecule has 1 atom stereocenters. The number of benzene rings is 1. The Balaban J connectivity index is 1.89. The minimum atomic E-state index is -2.92. The van der Waals surface area contributed by atoms with E-state index in [0.717, 1.165) is 5.56 Å². The van der Waals surface area contributed by atoms with Gasteiger partial charge in [-0.25, -0.2) is 8.42 Å². The summed E-state index contributed by atoms with van der Waals surface area (Å²) in [5.74, 6) is 1.02. The first-order valence-corrected chi connectivity index (χ1v) is 8.82. The third-order valence-corrected chi connectivity index (χ3v) is 5.51. The molecule has 3 nitrogen and oxygen atoms in total. The molecule has 1 N–H and O–H groups in total. The van der Waals surface area contributed by atoms with Gasteiger partial charge in [-0.05, 0) is 42.7 Å². The molecule has 1 unspecified atom stereocenters. The van der Waals surface area contributed by atoms with Crippen molar-refractivity contribution < 1.29 is 13.5 Å². The fourth-order valence-corrected chi connectivity index (χ4v) is 3.14. The van der Waals surface area contributed by atoms with Gasteiger partial charge >= 0.3 is 0 Å². The maximum Gasteiger partial charge on any atom is 0.150 e. The molecule has 1 aliphatic rings. The average Bonchev–Trinajstić information content (AvgIpc) is 3.23. The van der Waals surface area contributed by atoms with Crippen LogP contribution in [-0.4, -0.2) is 25.0 Å². The van der Waals surface area contributed by atoms with Crippen molar-refractivity contribution in [2.24, 2.45) is 0 Å². The molecule has 1 aromatic rings. The van der Waals surface area contributed by atoms with Crippen molar-refractivity contribution in [1.82, 2.24) is 0 Å². The van der Waals surface area contributed by atoms with Crippen LogP contribution in [0.4, 0.5) is 0 Å². The van der Waals surface area contributed by atoms with Gasteiger partial charge < -0.3 is 5.11 Å². The van der Waals surface area contributed by atoms with E-state index in [1.165, 1.54) is 18.4 Å². The zero-order valence-corrected chi connectivity index (χ0v) is 12.2. The van der Waals surface area contributed by atoms with Crippen LogP contribution in [0.5, 0.6) is 0 Å². The summed E-state index contributed by atoms with van der Waals surface area (Å²) in [4.78, 5) is 0. The normalized spacial score (nSPS) is 17.4. The second-order valence-electron chi connectivity index (χ2n) is 5.34. The summed E-state index contributed by atoms with van der Waals surface area (Å²) in [6, 6.07) is 8.08. The summed E-state index contributed by atoms with van der Waals surface area (Å²) in [5, 5.41) is 10.1. The molecule has 106 valence electrons. The lowest BCUT2D eigenvalue weighted by atomic mass is 10.0. The van der Waals surface area contributed by atoms with E-state index in [2.05, 4.69) is 12.1 Å². The van der Waals surface area contributed by atoms with E-state index >= 15 is 0 Å². The van der Waals surface area contributed by atoms with Gasteiger partial charge in [-0.1, -0.05) is 31.2 Å². The first-order chi connectivity index (χ1) is 9.02. The van der Waals surface area contributed by atoms with Gasteiger partial charge in [-0.15, -0.1) is 0 Å². The highest BCUT2D eigenvalue weighted by Crippen LogP contribution is 2.40. The van der Waals surface area contributed by atoms with E-state index in [0.29, 0.717) is 18.8 Å². The highest BCUT2D eigenvalue weighted by molar-refractivity contribution is 7.91. The molecule has 0 bridgehead atoms. The third kappa shape index (κ3) is 4.32. The van der Waals surface area contributed by atoms with Gasteiger partial charge in [0.1, 0.15) is 9.84 Å². The molecule has 0 amide bonds. The van der Waals surface area contributed by atoms with Crippen LogP contribution in [0.2, 0.25) is 0 Å². The van der Waals surface area contributed by atoms with E-state index in [9.17, 15) is 13.5 Å². The molecule has 0 heterocycles. The topological polar surface area (TPSA) is 54.4 Å². The molecule has 0 saturated heterocycles. The molecule has 4 heteroatoms. The summed E-state index contributed by atoms with van der Waals surface area (Å²) in [5.41, 5.74) is 2.22. The van der Waals surface area contributed by atoms with Crippen LogP contribution >= 0.6 is 0 Å². The minimum Gasteiger partial charge on any atom is -0.388 e. The molecule has 0 aromatic heterocycles. The lowest BCUT2D eigenvalue weighted by molar-refractivity contribution is 0.166. The molecule has 0 aliphatic heterocycles. The average molecular weight is 282 g/mol. The Labute approximate surface area is 115 Å². The van der Waals surface area contributed by atoms with Crippen LogP contribution in [-0.2, 0) is 9.84 Å². The van der Waals surface area contributed by atoms with E-state index in [-0.39, 0.29) is 11.5 Å². The first kappa shape index (κ1) is 14.5.